The van der Waals surface area contributed by atoms with Crippen molar-refractivity contribution < 1.29 is 19.1 Å². The molecule has 4 rings (SSSR count). The molecule has 0 fully saturated rings. The minimum absolute atomic E-state index is 0.00650. The van der Waals surface area contributed by atoms with Gasteiger partial charge in [0.1, 0.15) is 0 Å². The van der Waals surface area contributed by atoms with Gasteiger partial charge in [-0.25, -0.2) is 0 Å². The average Bonchev–Trinajstić information content (AvgIpc) is 2.75. The average molecular weight is 405 g/mol. The van der Waals surface area contributed by atoms with Crippen LogP contribution >= 0.6 is 0 Å². The monoisotopic (exact) mass is 405 g/mol. The van der Waals surface area contributed by atoms with E-state index in [2.05, 4.69) is 0 Å². The summed E-state index contributed by atoms with van der Waals surface area (Å²) in [5, 5.41) is 0. The summed E-state index contributed by atoms with van der Waals surface area (Å²) in [5.41, 5.74) is 5.47. The van der Waals surface area contributed by atoms with E-state index >= 15 is 0 Å². The van der Waals surface area contributed by atoms with Crippen LogP contribution in [0.2, 0.25) is 0 Å². The molecule has 5 nitrogen and oxygen atoms in total. The molecule has 2 aromatic carbocycles. The summed E-state index contributed by atoms with van der Waals surface area (Å²) in [6, 6.07) is 11.6. The zero-order chi connectivity index (χ0) is 21.4. The molecule has 0 spiro atoms. The zero-order valence-electron chi connectivity index (χ0n) is 18.0. The fourth-order valence-electron chi connectivity index (χ4n) is 4.70. The van der Waals surface area contributed by atoms with Gasteiger partial charge < -0.3 is 9.47 Å². The number of para-hydroxylation sites is 1. The van der Waals surface area contributed by atoms with E-state index in [9.17, 15) is 9.59 Å². The first-order chi connectivity index (χ1) is 14.5. The minimum atomic E-state index is -0.327. The first kappa shape index (κ1) is 20.2. The fourth-order valence-corrected chi connectivity index (χ4v) is 4.70. The Morgan fingerprint density at radius 3 is 2.47 bits per heavy atom. The number of Topliss-reactive ketones (excluding diaryl/α,β-unsaturated/α-hetero) is 1. The lowest BCUT2D eigenvalue weighted by atomic mass is 9.76. The highest BCUT2D eigenvalue weighted by atomic mass is 16.5. The van der Waals surface area contributed by atoms with E-state index in [1.807, 2.05) is 50.2 Å². The van der Waals surface area contributed by atoms with Crippen LogP contribution in [-0.2, 0) is 9.59 Å². The number of benzene rings is 2. The molecule has 0 aromatic heterocycles. The molecule has 0 bridgehead atoms. The van der Waals surface area contributed by atoms with Crippen molar-refractivity contribution >= 4 is 17.4 Å². The van der Waals surface area contributed by atoms with E-state index in [4.69, 9.17) is 9.47 Å². The quantitative estimate of drug-likeness (QED) is 0.730. The van der Waals surface area contributed by atoms with Gasteiger partial charge in [-0.2, -0.15) is 0 Å². The molecule has 1 atom stereocenters. The number of hydrogen-bond acceptors (Lipinski definition) is 4. The zero-order valence-corrected chi connectivity index (χ0v) is 18.0. The number of carbonyl (C=O) groups excluding carboxylic acids is 2. The van der Waals surface area contributed by atoms with E-state index < -0.39 is 0 Å². The number of ether oxygens (including phenoxy) is 2. The van der Waals surface area contributed by atoms with Crippen molar-refractivity contribution in [3.63, 3.8) is 0 Å². The number of nitrogens with zero attached hydrogens (tertiary/aromatic N) is 1. The molecule has 0 saturated heterocycles. The van der Waals surface area contributed by atoms with E-state index in [1.54, 1.807) is 19.1 Å². The highest BCUT2D eigenvalue weighted by Crippen LogP contribution is 2.47. The maximum atomic E-state index is 13.5. The molecule has 1 aliphatic carbocycles. The lowest BCUT2D eigenvalue weighted by Crippen LogP contribution is -2.41. The molecule has 30 heavy (non-hydrogen) atoms. The smallest absolute Gasteiger partial charge is 0.232 e. The molecule has 1 amide bonds. The number of methoxy groups -OCH3 is 2. The molecule has 1 heterocycles. The van der Waals surface area contributed by atoms with Gasteiger partial charge >= 0.3 is 0 Å². The molecule has 2 aliphatic rings. The van der Waals surface area contributed by atoms with E-state index in [1.165, 1.54) is 0 Å². The van der Waals surface area contributed by atoms with Crippen molar-refractivity contribution in [2.75, 3.05) is 19.1 Å². The van der Waals surface area contributed by atoms with Crippen molar-refractivity contribution in [3.8, 4) is 11.5 Å². The summed E-state index contributed by atoms with van der Waals surface area (Å²) in [7, 11) is 3.18. The van der Waals surface area contributed by atoms with E-state index in [0.717, 1.165) is 40.1 Å². The number of carbonyl (C=O) groups is 2. The van der Waals surface area contributed by atoms with Crippen LogP contribution in [0.15, 0.2) is 47.7 Å². The van der Waals surface area contributed by atoms with Gasteiger partial charge in [-0.15, -0.1) is 0 Å². The molecule has 156 valence electrons. The van der Waals surface area contributed by atoms with E-state index in [0.29, 0.717) is 24.3 Å². The van der Waals surface area contributed by atoms with Gasteiger partial charge in [-0.1, -0.05) is 24.3 Å². The van der Waals surface area contributed by atoms with Gasteiger partial charge in [0.25, 0.3) is 0 Å². The van der Waals surface area contributed by atoms with Gasteiger partial charge in [0.05, 0.1) is 19.9 Å². The predicted molar refractivity (Wildman–Crippen MR) is 116 cm³/mol. The standard InChI is InChI=1S/C25H27NO4/c1-15-8-5-10-19(16(15)2)26-20-11-7-12-21(27)24(20)18(14-23(26)28)17-9-6-13-22(29-3)25(17)30-4/h5-6,8-10,13,18H,7,11-12,14H2,1-4H3. The number of ketones is 1. The Balaban J connectivity index is 1.92. The summed E-state index contributed by atoms with van der Waals surface area (Å²) < 4.78 is 11.1. The van der Waals surface area contributed by atoms with Crippen molar-refractivity contribution in [2.24, 2.45) is 0 Å². The third kappa shape index (κ3) is 3.18. The number of allylic oxidation sites excluding steroid dienone is 2. The van der Waals surface area contributed by atoms with Gasteiger partial charge in [0.15, 0.2) is 17.3 Å². The highest BCUT2D eigenvalue weighted by Gasteiger charge is 2.41. The van der Waals surface area contributed by atoms with Gasteiger partial charge in [0.2, 0.25) is 5.91 Å². The third-order valence-corrected chi connectivity index (χ3v) is 6.30. The Kier molecular flexibility index (Phi) is 5.37. The van der Waals surface area contributed by atoms with Crippen LogP contribution in [0.5, 0.6) is 11.5 Å². The molecule has 1 aliphatic heterocycles. The molecular formula is C25H27NO4. The SMILES string of the molecule is COc1cccc(C2CC(=O)N(c3cccc(C)c3C)C3=C2C(=O)CCC3)c1OC. The van der Waals surface area contributed by atoms with Crippen molar-refractivity contribution in [1.29, 1.82) is 0 Å². The molecule has 5 heteroatoms. The lowest BCUT2D eigenvalue weighted by Gasteiger charge is -2.39. The van der Waals surface area contributed by atoms with Crippen LogP contribution in [0.3, 0.4) is 0 Å². The maximum absolute atomic E-state index is 13.5. The molecule has 0 radical (unpaired) electrons. The van der Waals surface area contributed by atoms with Crippen LogP contribution in [0.4, 0.5) is 5.69 Å². The maximum Gasteiger partial charge on any atom is 0.232 e. The second kappa shape index (κ2) is 7.98. The van der Waals surface area contributed by atoms with Crippen LogP contribution in [0, 0.1) is 13.8 Å². The molecule has 0 N–H and O–H groups in total. The summed E-state index contributed by atoms with van der Waals surface area (Å²) in [6.45, 7) is 4.07. The second-order valence-corrected chi connectivity index (χ2v) is 7.92. The van der Waals surface area contributed by atoms with Gasteiger partial charge in [-0.05, 0) is 49.9 Å². The van der Waals surface area contributed by atoms with E-state index in [-0.39, 0.29) is 24.0 Å². The van der Waals surface area contributed by atoms with Crippen molar-refractivity contribution in [3.05, 3.63) is 64.4 Å². The lowest BCUT2D eigenvalue weighted by molar-refractivity contribution is -0.119. The minimum Gasteiger partial charge on any atom is -0.493 e. The van der Waals surface area contributed by atoms with Gasteiger partial charge in [-0.3, -0.25) is 14.5 Å². The molecular weight excluding hydrogens is 378 g/mol. The summed E-state index contributed by atoms with van der Waals surface area (Å²) in [5.74, 6) is 0.987. The van der Waals surface area contributed by atoms with Crippen LogP contribution in [-0.4, -0.2) is 25.9 Å². The highest BCUT2D eigenvalue weighted by molar-refractivity contribution is 6.08. The van der Waals surface area contributed by atoms with Crippen LogP contribution in [0.25, 0.3) is 0 Å². The van der Waals surface area contributed by atoms with Crippen LogP contribution in [0.1, 0.15) is 48.3 Å². The Bertz CT molecular complexity index is 1050. The Morgan fingerprint density at radius 2 is 1.73 bits per heavy atom. The first-order valence-electron chi connectivity index (χ1n) is 10.3. The number of hydrogen-bond donors (Lipinski definition) is 0. The summed E-state index contributed by atoms with van der Waals surface area (Å²) in [6.07, 6.45) is 2.20. The molecule has 2 aromatic rings. The second-order valence-electron chi connectivity index (χ2n) is 7.92. The van der Waals surface area contributed by atoms with Crippen LogP contribution < -0.4 is 14.4 Å². The largest absolute Gasteiger partial charge is 0.493 e. The topological polar surface area (TPSA) is 55.8 Å². The molecule has 0 saturated carbocycles. The van der Waals surface area contributed by atoms with Crippen molar-refractivity contribution in [2.45, 2.75) is 45.4 Å². The normalized spacial score (nSPS) is 19.1. The predicted octanol–water partition coefficient (Wildman–Crippen LogP) is 4.85. The Morgan fingerprint density at radius 1 is 0.967 bits per heavy atom. The molecule has 1 unspecified atom stereocenters. The number of rotatable bonds is 4. The number of amides is 1. The number of aryl methyl sites for hydroxylation is 1. The Labute approximate surface area is 177 Å². The summed E-state index contributed by atoms with van der Waals surface area (Å²) in [4.78, 5) is 28.4. The van der Waals surface area contributed by atoms with Crippen molar-refractivity contribution in [1.82, 2.24) is 0 Å². The Hall–Kier alpha value is -3.08. The third-order valence-electron chi connectivity index (χ3n) is 6.30. The summed E-state index contributed by atoms with van der Waals surface area (Å²) >= 11 is 0. The van der Waals surface area contributed by atoms with Gasteiger partial charge in [0, 0.05) is 35.6 Å². The fraction of sp³-hybridized carbons (Fsp3) is 0.360. The first-order valence-corrected chi connectivity index (χ1v) is 10.3. The number of anilines is 1.